The van der Waals surface area contributed by atoms with Crippen LogP contribution in [0, 0.1) is 0 Å². The Morgan fingerprint density at radius 3 is 2.35 bits per heavy atom. The molecule has 1 atom stereocenters. The first kappa shape index (κ1) is 16.0. The molecule has 6 heteroatoms. The molecule has 0 aliphatic rings. The number of aromatic hydroxyl groups is 1. The first-order valence-electron chi connectivity index (χ1n) is 6.27. The molecule has 0 unspecified atom stereocenters. The topological polar surface area (TPSA) is 113 Å². The van der Waals surface area contributed by atoms with Crippen LogP contribution in [0.1, 0.15) is 25.8 Å². The van der Waals surface area contributed by atoms with E-state index in [4.69, 9.17) is 10.8 Å². The van der Waals surface area contributed by atoms with Crippen molar-refractivity contribution in [2.75, 3.05) is 0 Å². The lowest BCUT2D eigenvalue weighted by Crippen LogP contribution is -2.52. The van der Waals surface area contributed by atoms with E-state index < -0.39 is 23.5 Å². The standard InChI is InChI=1S/C14H20N2O4/c1-14(2,8-12(18)19)16-13(20)11(15)7-9-3-5-10(17)6-4-9/h3-6,11,17H,7-8,15H2,1-2H3,(H,16,20)(H,18,19)/t11-/m1/s1. The summed E-state index contributed by atoms with van der Waals surface area (Å²) in [4.78, 5) is 22.6. The molecule has 0 aromatic heterocycles. The van der Waals surface area contributed by atoms with Gasteiger partial charge in [-0.05, 0) is 38.0 Å². The molecule has 0 aliphatic carbocycles. The molecule has 0 saturated carbocycles. The van der Waals surface area contributed by atoms with E-state index in [1.807, 2.05) is 0 Å². The molecule has 1 rings (SSSR count). The number of hydrogen-bond acceptors (Lipinski definition) is 4. The number of aliphatic carboxylic acids is 1. The van der Waals surface area contributed by atoms with Crippen molar-refractivity contribution in [1.29, 1.82) is 0 Å². The minimum atomic E-state index is -0.984. The average molecular weight is 280 g/mol. The van der Waals surface area contributed by atoms with Gasteiger partial charge in [0.1, 0.15) is 5.75 Å². The maximum atomic E-state index is 11.9. The number of amides is 1. The summed E-state index contributed by atoms with van der Waals surface area (Å²) >= 11 is 0. The van der Waals surface area contributed by atoms with Crippen molar-refractivity contribution in [3.8, 4) is 5.75 Å². The van der Waals surface area contributed by atoms with Crippen LogP contribution < -0.4 is 11.1 Å². The van der Waals surface area contributed by atoms with Gasteiger partial charge < -0.3 is 21.3 Å². The number of carbonyl (C=O) groups excluding carboxylic acids is 1. The minimum Gasteiger partial charge on any atom is -0.508 e. The summed E-state index contributed by atoms with van der Waals surface area (Å²) in [6.45, 7) is 3.26. The van der Waals surface area contributed by atoms with Crippen molar-refractivity contribution < 1.29 is 19.8 Å². The average Bonchev–Trinajstić information content (AvgIpc) is 2.29. The molecular weight excluding hydrogens is 260 g/mol. The Balaban J connectivity index is 2.58. The highest BCUT2D eigenvalue weighted by Gasteiger charge is 2.26. The van der Waals surface area contributed by atoms with Crippen molar-refractivity contribution in [3.05, 3.63) is 29.8 Å². The summed E-state index contributed by atoms with van der Waals surface area (Å²) in [6.07, 6.45) is 0.139. The third kappa shape index (κ3) is 5.27. The Labute approximate surface area is 117 Å². The lowest BCUT2D eigenvalue weighted by Gasteiger charge is -2.26. The third-order valence-electron chi connectivity index (χ3n) is 2.78. The van der Waals surface area contributed by atoms with E-state index in [9.17, 15) is 14.7 Å². The van der Waals surface area contributed by atoms with Crippen molar-refractivity contribution in [1.82, 2.24) is 5.32 Å². The summed E-state index contributed by atoms with van der Waals surface area (Å²) in [7, 11) is 0. The van der Waals surface area contributed by atoms with Gasteiger partial charge in [-0.1, -0.05) is 12.1 Å². The Bertz CT molecular complexity index is 482. The molecule has 0 bridgehead atoms. The van der Waals surface area contributed by atoms with Crippen LogP contribution in [0.2, 0.25) is 0 Å². The van der Waals surface area contributed by atoms with Gasteiger partial charge in [0.15, 0.2) is 0 Å². The molecule has 0 spiro atoms. The summed E-state index contributed by atoms with van der Waals surface area (Å²) in [5.41, 5.74) is 5.77. The highest BCUT2D eigenvalue weighted by molar-refractivity contribution is 5.83. The maximum Gasteiger partial charge on any atom is 0.305 e. The number of nitrogens with two attached hydrogens (primary N) is 1. The Kier molecular flexibility index (Phi) is 5.10. The van der Waals surface area contributed by atoms with Crippen LogP contribution in [0.15, 0.2) is 24.3 Å². The zero-order chi connectivity index (χ0) is 15.3. The van der Waals surface area contributed by atoms with Crippen LogP contribution in [0.5, 0.6) is 5.75 Å². The van der Waals surface area contributed by atoms with E-state index in [0.29, 0.717) is 6.42 Å². The minimum absolute atomic E-state index is 0.148. The Morgan fingerprint density at radius 2 is 1.85 bits per heavy atom. The molecule has 0 radical (unpaired) electrons. The largest absolute Gasteiger partial charge is 0.508 e. The van der Waals surface area contributed by atoms with E-state index in [-0.39, 0.29) is 12.2 Å². The predicted octanol–water partition coefficient (Wildman–Crippen LogP) is 0.632. The van der Waals surface area contributed by atoms with Gasteiger partial charge in [0.05, 0.1) is 12.5 Å². The molecule has 0 aliphatic heterocycles. The van der Waals surface area contributed by atoms with E-state index in [0.717, 1.165) is 5.56 Å². The number of carbonyl (C=O) groups is 2. The zero-order valence-corrected chi connectivity index (χ0v) is 11.6. The molecular formula is C14H20N2O4. The van der Waals surface area contributed by atoms with E-state index in [2.05, 4.69) is 5.32 Å². The molecule has 0 fully saturated rings. The normalized spacial score (nSPS) is 12.8. The molecule has 0 heterocycles. The second-order valence-electron chi connectivity index (χ2n) is 5.42. The number of phenolic OH excluding ortho intramolecular Hbond substituents is 1. The predicted molar refractivity (Wildman–Crippen MR) is 74.3 cm³/mol. The van der Waals surface area contributed by atoms with Crippen LogP contribution in [0.25, 0.3) is 0 Å². The van der Waals surface area contributed by atoms with Gasteiger partial charge in [0.25, 0.3) is 0 Å². The lowest BCUT2D eigenvalue weighted by molar-refractivity contribution is -0.138. The van der Waals surface area contributed by atoms with E-state index in [1.54, 1.807) is 26.0 Å². The number of rotatable bonds is 6. The van der Waals surface area contributed by atoms with Gasteiger partial charge in [-0.15, -0.1) is 0 Å². The Morgan fingerprint density at radius 1 is 1.30 bits per heavy atom. The van der Waals surface area contributed by atoms with Gasteiger partial charge in [0.2, 0.25) is 5.91 Å². The summed E-state index contributed by atoms with van der Waals surface area (Å²) in [6, 6.07) is 5.64. The smallest absolute Gasteiger partial charge is 0.305 e. The van der Waals surface area contributed by atoms with Crippen LogP contribution >= 0.6 is 0 Å². The number of phenols is 1. The second kappa shape index (κ2) is 6.38. The van der Waals surface area contributed by atoms with Crippen LogP contribution in [-0.2, 0) is 16.0 Å². The maximum absolute atomic E-state index is 11.9. The van der Waals surface area contributed by atoms with Crippen LogP contribution in [0.4, 0.5) is 0 Å². The first-order chi connectivity index (χ1) is 9.19. The van der Waals surface area contributed by atoms with Crippen molar-refractivity contribution in [2.45, 2.75) is 38.3 Å². The number of benzene rings is 1. The fraction of sp³-hybridized carbons (Fsp3) is 0.429. The molecule has 20 heavy (non-hydrogen) atoms. The molecule has 110 valence electrons. The van der Waals surface area contributed by atoms with Crippen molar-refractivity contribution >= 4 is 11.9 Å². The number of carboxylic acid groups (broad SMARTS) is 1. The summed E-state index contributed by atoms with van der Waals surface area (Å²) in [5, 5.41) is 20.6. The number of carboxylic acids is 1. The first-order valence-corrected chi connectivity index (χ1v) is 6.27. The van der Waals surface area contributed by atoms with Gasteiger partial charge in [-0.25, -0.2) is 0 Å². The van der Waals surface area contributed by atoms with Crippen molar-refractivity contribution in [2.24, 2.45) is 5.73 Å². The van der Waals surface area contributed by atoms with E-state index >= 15 is 0 Å². The highest BCUT2D eigenvalue weighted by Crippen LogP contribution is 2.12. The molecule has 5 N–H and O–H groups in total. The SMILES string of the molecule is CC(C)(CC(=O)O)NC(=O)[C@H](N)Cc1ccc(O)cc1. The molecule has 1 aromatic rings. The molecule has 6 nitrogen and oxygen atoms in total. The van der Waals surface area contributed by atoms with Gasteiger partial charge >= 0.3 is 5.97 Å². The molecule has 1 aromatic carbocycles. The Hall–Kier alpha value is -2.08. The molecule has 1 amide bonds. The fourth-order valence-electron chi connectivity index (χ4n) is 1.83. The fourth-order valence-corrected chi connectivity index (χ4v) is 1.83. The van der Waals surface area contributed by atoms with Crippen LogP contribution in [0.3, 0.4) is 0 Å². The lowest BCUT2D eigenvalue weighted by atomic mass is 9.99. The van der Waals surface area contributed by atoms with Crippen molar-refractivity contribution in [3.63, 3.8) is 0 Å². The van der Waals surface area contributed by atoms with Gasteiger partial charge in [-0.2, -0.15) is 0 Å². The van der Waals surface area contributed by atoms with Crippen LogP contribution in [-0.4, -0.2) is 33.7 Å². The highest BCUT2D eigenvalue weighted by atomic mass is 16.4. The summed E-state index contributed by atoms with van der Waals surface area (Å²) < 4.78 is 0. The summed E-state index contributed by atoms with van der Waals surface area (Å²) in [5.74, 6) is -1.24. The molecule has 0 saturated heterocycles. The van der Waals surface area contributed by atoms with Gasteiger partial charge in [-0.3, -0.25) is 9.59 Å². The van der Waals surface area contributed by atoms with Gasteiger partial charge in [0, 0.05) is 5.54 Å². The number of nitrogens with one attached hydrogen (secondary N) is 1. The second-order valence-corrected chi connectivity index (χ2v) is 5.42. The third-order valence-corrected chi connectivity index (χ3v) is 2.78. The monoisotopic (exact) mass is 280 g/mol. The zero-order valence-electron chi connectivity index (χ0n) is 11.6. The quantitative estimate of drug-likeness (QED) is 0.610. The number of hydrogen-bond donors (Lipinski definition) is 4. The van der Waals surface area contributed by atoms with E-state index in [1.165, 1.54) is 12.1 Å².